The van der Waals surface area contributed by atoms with E-state index in [1.165, 1.54) is 35.4 Å². The van der Waals surface area contributed by atoms with Gasteiger partial charge in [0.2, 0.25) is 0 Å². The second-order valence-electron chi connectivity index (χ2n) is 4.18. The van der Waals surface area contributed by atoms with Gasteiger partial charge in [0, 0.05) is 15.8 Å². The van der Waals surface area contributed by atoms with Crippen LogP contribution in [-0.2, 0) is 12.8 Å². The summed E-state index contributed by atoms with van der Waals surface area (Å²) in [6.45, 7) is 4.44. The molecule has 15 heavy (non-hydrogen) atoms. The van der Waals surface area contributed by atoms with Gasteiger partial charge in [0.25, 0.3) is 0 Å². The molecule has 0 aliphatic carbocycles. The van der Waals surface area contributed by atoms with E-state index < -0.39 is 0 Å². The van der Waals surface area contributed by atoms with E-state index in [1.807, 2.05) is 11.3 Å². The van der Waals surface area contributed by atoms with Crippen molar-refractivity contribution in [1.82, 2.24) is 0 Å². The zero-order chi connectivity index (χ0) is 11.1. The van der Waals surface area contributed by atoms with E-state index in [2.05, 4.69) is 26.0 Å². The molecule has 1 aromatic rings. The van der Waals surface area contributed by atoms with Crippen molar-refractivity contribution in [2.24, 2.45) is 5.73 Å². The first kappa shape index (κ1) is 12.7. The molecule has 1 unspecified atom stereocenters. The summed E-state index contributed by atoms with van der Waals surface area (Å²) in [7, 11) is 0. The average molecular weight is 225 g/mol. The molecular formula is C13H23NS. The van der Waals surface area contributed by atoms with Gasteiger partial charge in [-0.1, -0.05) is 33.1 Å². The summed E-state index contributed by atoms with van der Waals surface area (Å²) >= 11 is 1.92. The van der Waals surface area contributed by atoms with E-state index in [-0.39, 0.29) is 0 Å². The van der Waals surface area contributed by atoms with Gasteiger partial charge in [-0.3, -0.25) is 0 Å². The van der Waals surface area contributed by atoms with Crippen LogP contribution in [0, 0.1) is 0 Å². The highest BCUT2D eigenvalue weighted by molar-refractivity contribution is 7.11. The molecule has 0 bridgehead atoms. The minimum atomic E-state index is 0.361. The Balaban J connectivity index is 2.27. The molecule has 2 heteroatoms. The van der Waals surface area contributed by atoms with Crippen molar-refractivity contribution >= 4 is 11.3 Å². The first-order chi connectivity index (χ1) is 7.26. The van der Waals surface area contributed by atoms with Crippen LogP contribution in [0.5, 0.6) is 0 Å². The summed E-state index contributed by atoms with van der Waals surface area (Å²) < 4.78 is 0. The molecule has 1 heterocycles. The molecule has 0 aliphatic heterocycles. The summed E-state index contributed by atoms with van der Waals surface area (Å²) in [6, 6.07) is 4.84. The molecule has 0 spiro atoms. The van der Waals surface area contributed by atoms with Crippen LogP contribution < -0.4 is 5.73 Å². The molecule has 1 nitrogen and oxygen atoms in total. The van der Waals surface area contributed by atoms with E-state index in [0.29, 0.717) is 6.04 Å². The Bertz CT molecular complexity index is 267. The van der Waals surface area contributed by atoms with Crippen molar-refractivity contribution in [1.29, 1.82) is 0 Å². The van der Waals surface area contributed by atoms with Gasteiger partial charge in [-0.2, -0.15) is 0 Å². The van der Waals surface area contributed by atoms with Gasteiger partial charge in [-0.25, -0.2) is 0 Å². The zero-order valence-corrected chi connectivity index (χ0v) is 10.8. The van der Waals surface area contributed by atoms with Crippen molar-refractivity contribution in [3.63, 3.8) is 0 Å². The number of nitrogens with two attached hydrogens (primary N) is 1. The number of hydrogen-bond acceptors (Lipinski definition) is 2. The summed E-state index contributed by atoms with van der Waals surface area (Å²) in [6.07, 6.45) is 7.27. The minimum Gasteiger partial charge on any atom is -0.327 e. The number of rotatable bonds is 7. The molecule has 0 fully saturated rings. The average Bonchev–Trinajstić information content (AvgIpc) is 2.66. The van der Waals surface area contributed by atoms with Crippen molar-refractivity contribution in [3.8, 4) is 0 Å². The smallest absolute Gasteiger partial charge is 0.00871 e. The predicted octanol–water partition coefficient (Wildman–Crippen LogP) is 3.76. The fourth-order valence-corrected chi connectivity index (χ4v) is 2.79. The second-order valence-corrected chi connectivity index (χ2v) is 5.43. The van der Waals surface area contributed by atoms with Crippen LogP contribution in [0.2, 0.25) is 0 Å². The van der Waals surface area contributed by atoms with Crippen molar-refractivity contribution < 1.29 is 0 Å². The lowest BCUT2D eigenvalue weighted by Gasteiger charge is -2.09. The summed E-state index contributed by atoms with van der Waals surface area (Å²) in [5, 5.41) is 0. The van der Waals surface area contributed by atoms with Crippen LogP contribution in [0.25, 0.3) is 0 Å². The largest absolute Gasteiger partial charge is 0.327 e. The van der Waals surface area contributed by atoms with Gasteiger partial charge >= 0.3 is 0 Å². The standard InChI is InChI=1S/C13H23NS/c1-3-5-6-7-11(14)10-13-9-8-12(4-2)15-13/h8-9,11H,3-7,10,14H2,1-2H3. The maximum absolute atomic E-state index is 6.10. The molecule has 0 amide bonds. The second kappa shape index (κ2) is 7.02. The van der Waals surface area contributed by atoms with E-state index in [1.54, 1.807) is 0 Å². The van der Waals surface area contributed by atoms with Gasteiger partial charge in [0.1, 0.15) is 0 Å². The fourth-order valence-electron chi connectivity index (χ4n) is 1.74. The Morgan fingerprint density at radius 3 is 2.53 bits per heavy atom. The molecule has 1 aromatic heterocycles. The topological polar surface area (TPSA) is 26.0 Å². The highest BCUT2D eigenvalue weighted by Gasteiger charge is 2.05. The molecule has 0 radical (unpaired) electrons. The fraction of sp³-hybridized carbons (Fsp3) is 0.692. The van der Waals surface area contributed by atoms with Gasteiger partial charge in [-0.15, -0.1) is 11.3 Å². The molecule has 0 saturated carbocycles. The summed E-state index contributed by atoms with van der Waals surface area (Å²) in [5.74, 6) is 0. The Morgan fingerprint density at radius 1 is 1.20 bits per heavy atom. The third kappa shape index (κ3) is 4.80. The molecular weight excluding hydrogens is 202 g/mol. The van der Waals surface area contributed by atoms with Crippen LogP contribution >= 0.6 is 11.3 Å². The molecule has 1 rings (SSSR count). The van der Waals surface area contributed by atoms with Gasteiger partial charge in [0.15, 0.2) is 0 Å². The zero-order valence-electron chi connectivity index (χ0n) is 9.96. The first-order valence-corrected chi connectivity index (χ1v) is 6.91. The number of aryl methyl sites for hydroxylation is 1. The summed E-state index contributed by atoms with van der Waals surface area (Å²) in [4.78, 5) is 2.93. The highest BCUT2D eigenvalue weighted by Crippen LogP contribution is 2.19. The third-order valence-electron chi connectivity index (χ3n) is 2.71. The number of unbranched alkanes of at least 4 members (excludes halogenated alkanes) is 2. The molecule has 2 N–H and O–H groups in total. The van der Waals surface area contributed by atoms with Crippen molar-refractivity contribution in [2.75, 3.05) is 0 Å². The monoisotopic (exact) mass is 225 g/mol. The lowest BCUT2D eigenvalue weighted by Crippen LogP contribution is -2.22. The maximum Gasteiger partial charge on any atom is 0.00871 e. The molecule has 86 valence electrons. The van der Waals surface area contributed by atoms with Gasteiger partial charge in [0.05, 0.1) is 0 Å². The molecule has 1 atom stereocenters. The van der Waals surface area contributed by atoms with Gasteiger partial charge in [-0.05, 0) is 31.4 Å². The van der Waals surface area contributed by atoms with Gasteiger partial charge < -0.3 is 5.73 Å². The highest BCUT2D eigenvalue weighted by atomic mass is 32.1. The molecule has 0 saturated heterocycles. The third-order valence-corrected chi connectivity index (χ3v) is 3.96. The van der Waals surface area contributed by atoms with E-state index >= 15 is 0 Å². The van der Waals surface area contributed by atoms with Crippen LogP contribution in [0.1, 0.15) is 49.3 Å². The lowest BCUT2D eigenvalue weighted by molar-refractivity contribution is 0.560. The van der Waals surface area contributed by atoms with E-state index in [0.717, 1.165) is 12.8 Å². The van der Waals surface area contributed by atoms with Crippen molar-refractivity contribution in [2.45, 2.75) is 58.4 Å². The SMILES string of the molecule is CCCCCC(N)Cc1ccc(CC)s1. The molecule has 0 aliphatic rings. The number of hydrogen-bond donors (Lipinski definition) is 1. The predicted molar refractivity (Wildman–Crippen MR) is 69.5 cm³/mol. The Kier molecular flexibility index (Phi) is 5.96. The van der Waals surface area contributed by atoms with Crippen LogP contribution in [0.3, 0.4) is 0 Å². The Labute approximate surface area is 97.7 Å². The van der Waals surface area contributed by atoms with Crippen molar-refractivity contribution in [3.05, 3.63) is 21.9 Å². The Morgan fingerprint density at radius 2 is 1.93 bits per heavy atom. The van der Waals surface area contributed by atoms with Crippen LogP contribution in [-0.4, -0.2) is 6.04 Å². The molecule has 0 aromatic carbocycles. The van der Waals surface area contributed by atoms with E-state index in [9.17, 15) is 0 Å². The Hall–Kier alpha value is -0.340. The maximum atomic E-state index is 6.10. The van der Waals surface area contributed by atoms with Crippen LogP contribution in [0.4, 0.5) is 0 Å². The first-order valence-electron chi connectivity index (χ1n) is 6.09. The van der Waals surface area contributed by atoms with E-state index in [4.69, 9.17) is 5.73 Å². The normalized spacial score (nSPS) is 13.0. The summed E-state index contributed by atoms with van der Waals surface area (Å²) in [5.41, 5.74) is 6.10. The number of thiophene rings is 1. The minimum absolute atomic E-state index is 0.361. The quantitative estimate of drug-likeness (QED) is 0.703. The van der Waals surface area contributed by atoms with Crippen LogP contribution in [0.15, 0.2) is 12.1 Å². The lowest BCUT2D eigenvalue weighted by atomic mass is 10.1.